The topological polar surface area (TPSA) is 120 Å². The normalized spacial score (nSPS) is 10.8. The van der Waals surface area contributed by atoms with E-state index in [-0.39, 0.29) is 30.1 Å². The number of non-ortho nitro benzene ring substituents is 1. The number of nitrogens with one attached hydrogen (secondary N) is 1. The zero-order chi connectivity index (χ0) is 21.9. The number of nitrogens with zero attached hydrogens (tertiary/aromatic N) is 2. The number of hydrogen-bond donors (Lipinski definition) is 1. The van der Waals surface area contributed by atoms with Gasteiger partial charge in [-0.15, -0.1) is 11.8 Å². The van der Waals surface area contributed by atoms with Gasteiger partial charge >= 0.3 is 5.97 Å². The third kappa shape index (κ3) is 8.31. The maximum Gasteiger partial charge on any atom is 0.344 e. The summed E-state index contributed by atoms with van der Waals surface area (Å²) in [6.07, 6.45) is 1.29. The highest BCUT2D eigenvalue weighted by molar-refractivity contribution is 8.00. The molecular formula is C20H21N3O6S. The molecule has 0 saturated heterocycles. The van der Waals surface area contributed by atoms with E-state index in [1.807, 2.05) is 0 Å². The molecule has 9 nitrogen and oxygen atoms in total. The summed E-state index contributed by atoms with van der Waals surface area (Å²) in [7, 11) is 0. The zero-order valence-corrected chi connectivity index (χ0v) is 17.3. The molecule has 2 rings (SSSR count). The van der Waals surface area contributed by atoms with Gasteiger partial charge in [-0.3, -0.25) is 14.9 Å². The van der Waals surface area contributed by atoms with E-state index in [1.165, 1.54) is 30.1 Å². The summed E-state index contributed by atoms with van der Waals surface area (Å²) in [5, 5.41) is 14.5. The molecule has 0 bridgehead atoms. The Labute approximate surface area is 177 Å². The lowest BCUT2D eigenvalue weighted by molar-refractivity contribution is -0.384. The van der Waals surface area contributed by atoms with Crippen LogP contribution in [0, 0.1) is 10.1 Å². The van der Waals surface area contributed by atoms with E-state index in [1.54, 1.807) is 50.2 Å². The molecule has 0 saturated carbocycles. The van der Waals surface area contributed by atoms with Gasteiger partial charge in [-0.05, 0) is 55.8 Å². The number of esters is 1. The summed E-state index contributed by atoms with van der Waals surface area (Å²) >= 11 is 1.25. The van der Waals surface area contributed by atoms with Crippen molar-refractivity contribution in [1.82, 2.24) is 5.43 Å². The minimum atomic E-state index is -0.477. The maximum atomic E-state index is 11.8. The first-order valence-electron chi connectivity index (χ1n) is 8.95. The number of rotatable bonds is 10. The van der Waals surface area contributed by atoms with Crippen LogP contribution in [0.2, 0.25) is 0 Å². The largest absolute Gasteiger partial charge is 0.482 e. The van der Waals surface area contributed by atoms with Crippen LogP contribution in [0.3, 0.4) is 0 Å². The molecule has 0 fully saturated rings. The molecule has 0 spiro atoms. The van der Waals surface area contributed by atoms with Crippen LogP contribution in [-0.2, 0) is 14.3 Å². The molecule has 2 aromatic carbocycles. The molecule has 0 aliphatic carbocycles. The van der Waals surface area contributed by atoms with Crippen LogP contribution in [0.15, 0.2) is 58.5 Å². The Morgan fingerprint density at radius 1 is 1.17 bits per heavy atom. The van der Waals surface area contributed by atoms with Crippen molar-refractivity contribution in [2.45, 2.75) is 24.8 Å². The van der Waals surface area contributed by atoms with Crippen LogP contribution >= 0.6 is 11.8 Å². The number of nitro benzene ring substituents is 1. The van der Waals surface area contributed by atoms with Crippen LogP contribution in [0.5, 0.6) is 5.75 Å². The fraction of sp³-hybridized carbons (Fsp3) is 0.250. The van der Waals surface area contributed by atoms with E-state index in [0.717, 1.165) is 10.5 Å². The predicted octanol–water partition coefficient (Wildman–Crippen LogP) is 3.17. The Morgan fingerprint density at radius 2 is 1.83 bits per heavy atom. The number of hydrazone groups is 1. The summed E-state index contributed by atoms with van der Waals surface area (Å²) in [6, 6.07) is 12.8. The molecule has 0 atom stereocenters. The molecule has 0 aliphatic rings. The SMILES string of the molecule is CC(C)OC(=O)COc1ccc(/C=N\NC(=O)CSc2ccc([N+](=O)[O-])cc2)cc1. The molecule has 1 N–H and O–H groups in total. The van der Waals surface area contributed by atoms with Gasteiger partial charge in [0.05, 0.1) is 23.0 Å². The smallest absolute Gasteiger partial charge is 0.344 e. The van der Waals surface area contributed by atoms with E-state index in [0.29, 0.717) is 5.75 Å². The van der Waals surface area contributed by atoms with Crippen molar-refractivity contribution in [3.05, 3.63) is 64.2 Å². The van der Waals surface area contributed by atoms with Crippen molar-refractivity contribution >= 4 is 35.5 Å². The minimum absolute atomic E-state index is 0.000288. The Balaban J connectivity index is 1.73. The van der Waals surface area contributed by atoms with Gasteiger partial charge in [-0.2, -0.15) is 5.10 Å². The number of thioether (sulfide) groups is 1. The van der Waals surface area contributed by atoms with Crippen molar-refractivity contribution in [3.8, 4) is 5.75 Å². The van der Waals surface area contributed by atoms with Gasteiger partial charge in [0.2, 0.25) is 5.91 Å². The fourth-order valence-electron chi connectivity index (χ4n) is 2.11. The number of nitro groups is 1. The van der Waals surface area contributed by atoms with Crippen molar-refractivity contribution < 1.29 is 24.0 Å². The first-order chi connectivity index (χ1) is 14.3. The van der Waals surface area contributed by atoms with Crippen LogP contribution in [0.4, 0.5) is 5.69 Å². The lowest BCUT2D eigenvalue weighted by Crippen LogP contribution is -2.19. The first-order valence-corrected chi connectivity index (χ1v) is 9.93. The van der Waals surface area contributed by atoms with Crippen molar-refractivity contribution in [2.75, 3.05) is 12.4 Å². The summed E-state index contributed by atoms with van der Waals surface area (Å²) in [6.45, 7) is 3.35. The number of ether oxygens (including phenoxy) is 2. The number of carbonyl (C=O) groups excluding carboxylic acids is 2. The van der Waals surface area contributed by atoms with Crippen LogP contribution in [0.25, 0.3) is 0 Å². The van der Waals surface area contributed by atoms with Gasteiger partial charge in [-0.25, -0.2) is 10.2 Å². The van der Waals surface area contributed by atoms with Crippen molar-refractivity contribution in [3.63, 3.8) is 0 Å². The quantitative estimate of drug-likeness (QED) is 0.202. The van der Waals surface area contributed by atoms with Gasteiger partial charge in [0.15, 0.2) is 6.61 Å². The summed E-state index contributed by atoms with van der Waals surface area (Å²) in [4.78, 5) is 34.2. The molecule has 0 radical (unpaired) electrons. The fourth-order valence-corrected chi connectivity index (χ4v) is 2.80. The molecule has 0 unspecified atom stereocenters. The number of carbonyl (C=O) groups is 2. The Hall–Kier alpha value is -3.40. The summed E-state index contributed by atoms with van der Waals surface area (Å²) < 4.78 is 10.3. The van der Waals surface area contributed by atoms with Crippen LogP contribution in [-0.4, -0.2) is 41.5 Å². The van der Waals surface area contributed by atoms with Gasteiger partial charge < -0.3 is 9.47 Å². The van der Waals surface area contributed by atoms with E-state index in [2.05, 4.69) is 10.5 Å². The number of hydrogen-bond acceptors (Lipinski definition) is 8. The molecule has 30 heavy (non-hydrogen) atoms. The Bertz CT molecular complexity index is 898. The lowest BCUT2D eigenvalue weighted by atomic mass is 10.2. The number of amides is 1. The molecule has 0 heterocycles. The third-order valence-corrected chi connectivity index (χ3v) is 4.44. The molecule has 1 amide bonds. The molecule has 0 aromatic heterocycles. The standard InChI is InChI=1S/C20H21N3O6S/c1-14(2)29-20(25)12-28-17-7-3-15(4-8-17)11-21-22-19(24)13-30-18-9-5-16(6-10-18)23(26)27/h3-11,14H,12-13H2,1-2H3,(H,22,24)/b21-11-. The van der Waals surface area contributed by atoms with Crippen LogP contribution in [0.1, 0.15) is 19.4 Å². The Kier molecular flexibility index (Phi) is 8.82. The average molecular weight is 431 g/mol. The molecule has 2 aromatic rings. The average Bonchev–Trinajstić information content (AvgIpc) is 2.71. The van der Waals surface area contributed by atoms with Gasteiger partial charge in [0, 0.05) is 17.0 Å². The monoisotopic (exact) mass is 431 g/mol. The maximum absolute atomic E-state index is 11.8. The van der Waals surface area contributed by atoms with Crippen LogP contribution < -0.4 is 10.2 Å². The lowest BCUT2D eigenvalue weighted by Gasteiger charge is -2.09. The second-order valence-corrected chi connectivity index (χ2v) is 7.28. The van der Waals surface area contributed by atoms with Gasteiger partial charge in [-0.1, -0.05) is 0 Å². The second kappa shape index (κ2) is 11.6. The van der Waals surface area contributed by atoms with E-state index >= 15 is 0 Å². The minimum Gasteiger partial charge on any atom is -0.482 e. The second-order valence-electron chi connectivity index (χ2n) is 6.23. The van der Waals surface area contributed by atoms with Crippen molar-refractivity contribution in [2.24, 2.45) is 5.10 Å². The van der Waals surface area contributed by atoms with E-state index in [4.69, 9.17) is 9.47 Å². The number of benzene rings is 2. The highest BCUT2D eigenvalue weighted by Gasteiger charge is 2.07. The predicted molar refractivity (Wildman–Crippen MR) is 113 cm³/mol. The molecular weight excluding hydrogens is 410 g/mol. The highest BCUT2D eigenvalue weighted by atomic mass is 32.2. The van der Waals surface area contributed by atoms with Crippen molar-refractivity contribution in [1.29, 1.82) is 0 Å². The third-order valence-electron chi connectivity index (χ3n) is 3.42. The molecule has 0 aliphatic heterocycles. The Morgan fingerprint density at radius 3 is 2.43 bits per heavy atom. The van der Waals surface area contributed by atoms with E-state index < -0.39 is 10.9 Å². The van der Waals surface area contributed by atoms with Gasteiger partial charge in [0.25, 0.3) is 5.69 Å². The van der Waals surface area contributed by atoms with E-state index in [9.17, 15) is 19.7 Å². The highest BCUT2D eigenvalue weighted by Crippen LogP contribution is 2.21. The summed E-state index contributed by atoms with van der Waals surface area (Å²) in [5.74, 6) is -0.117. The van der Waals surface area contributed by atoms with Gasteiger partial charge in [0.1, 0.15) is 5.75 Å². The molecule has 10 heteroatoms. The summed E-state index contributed by atoms with van der Waals surface area (Å²) in [5.41, 5.74) is 3.15. The zero-order valence-electron chi connectivity index (χ0n) is 16.4. The first kappa shape index (κ1) is 22.9. The molecule has 158 valence electrons.